The Morgan fingerprint density at radius 1 is 0.862 bits per heavy atom. The third-order valence-electron chi connectivity index (χ3n) is 3.83. The largest absolute Gasteiger partial charge is 0.493 e. The molecule has 2 amide bonds. The second-order valence-electron chi connectivity index (χ2n) is 5.92. The van der Waals surface area contributed by atoms with Crippen molar-refractivity contribution >= 4 is 29.2 Å². The van der Waals surface area contributed by atoms with E-state index in [2.05, 4.69) is 10.6 Å². The molecule has 0 spiro atoms. The molecule has 0 unspecified atom stereocenters. The van der Waals surface area contributed by atoms with Gasteiger partial charge in [-0.1, -0.05) is 0 Å². The van der Waals surface area contributed by atoms with Crippen LogP contribution in [0.2, 0.25) is 0 Å². The van der Waals surface area contributed by atoms with Crippen LogP contribution in [0.4, 0.5) is 11.4 Å². The molecule has 0 aliphatic heterocycles. The van der Waals surface area contributed by atoms with Gasteiger partial charge in [0, 0.05) is 23.9 Å². The van der Waals surface area contributed by atoms with Gasteiger partial charge in [0.2, 0.25) is 0 Å². The van der Waals surface area contributed by atoms with E-state index in [0.717, 1.165) is 0 Å². The maximum atomic E-state index is 12.5. The number of benzene rings is 2. The first kappa shape index (κ1) is 19.7. The third-order valence-corrected chi connectivity index (χ3v) is 3.83. The van der Waals surface area contributed by atoms with Crippen molar-refractivity contribution in [3.8, 4) is 11.5 Å². The second-order valence-corrected chi connectivity index (χ2v) is 5.92. The molecule has 1 heterocycles. The Kier molecular flexibility index (Phi) is 5.94. The smallest absolute Gasteiger partial charge is 0.308 e. The molecule has 8 nitrogen and oxygen atoms in total. The topological polar surface area (TPSA) is 107 Å². The normalized spacial score (nSPS) is 10.1. The molecule has 29 heavy (non-hydrogen) atoms. The van der Waals surface area contributed by atoms with E-state index in [9.17, 15) is 14.4 Å². The van der Waals surface area contributed by atoms with Crippen molar-refractivity contribution in [2.24, 2.45) is 0 Å². The summed E-state index contributed by atoms with van der Waals surface area (Å²) in [6, 6.07) is 14.3. The average molecular weight is 394 g/mol. The van der Waals surface area contributed by atoms with Crippen molar-refractivity contribution < 1.29 is 28.3 Å². The monoisotopic (exact) mass is 394 g/mol. The van der Waals surface area contributed by atoms with Crippen molar-refractivity contribution in [2.75, 3.05) is 17.7 Å². The quantitative estimate of drug-likeness (QED) is 0.487. The van der Waals surface area contributed by atoms with Gasteiger partial charge in [-0.25, -0.2) is 0 Å². The van der Waals surface area contributed by atoms with Crippen LogP contribution in [0.1, 0.15) is 27.8 Å². The minimum absolute atomic E-state index is 0.202. The van der Waals surface area contributed by atoms with Crippen molar-refractivity contribution in [2.45, 2.75) is 6.92 Å². The summed E-state index contributed by atoms with van der Waals surface area (Å²) in [6.07, 6.45) is 1.42. The maximum absolute atomic E-state index is 12.5. The molecule has 0 fully saturated rings. The molecule has 1 aromatic heterocycles. The number of amides is 2. The van der Waals surface area contributed by atoms with Gasteiger partial charge in [0.15, 0.2) is 17.3 Å². The lowest BCUT2D eigenvalue weighted by Crippen LogP contribution is -2.13. The highest BCUT2D eigenvalue weighted by Crippen LogP contribution is 2.28. The highest BCUT2D eigenvalue weighted by atomic mass is 16.6. The SMILES string of the molecule is COc1cc(C(=O)Nc2ccc(NC(=O)c3ccco3)cc2)ccc1OC(C)=O. The Labute approximate surface area is 166 Å². The molecule has 3 aromatic rings. The average Bonchev–Trinajstić information content (AvgIpc) is 3.24. The lowest BCUT2D eigenvalue weighted by atomic mass is 10.1. The summed E-state index contributed by atoms with van der Waals surface area (Å²) in [6.45, 7) is 1.28. The van der Waals surface area contributed by atoms with Crippen LogP contribution < -0.4 is 20.1 Å². The van der Waals surface area contributed by atoms with Gasteiger partial charge in [0.25, 0.3) is 11.8 Å². The van der Waals surface area contributed by atoms with Gasteiger partial charge >= 0.3 is 5.97 Å². The fourth-order valence-electron chi connectivity index (χ4n) is 2.49. The van der Waals surface area contributed by atoms with Crippen LogP contribution in [-0.2, 0) is 4.79 Å². The highest BCUT2D eigenvalue weighted by molar-refractivity contribution is 6.05. The standard InChI is InChI=1S/C21H18N2O6/c1-13(24)29-17-10-5-14(12-19(17)27-2)20(25)22-15-6-8-16(9-7-15)23-21(26)18-4-3-11-28-18/h3-12H,1-2H3,(H,22,25)(H,23,26). The number of carbonyl (C=O) groups is 3. The summed E-state index contributed by atoms with van der Waals surface area (Å²) in [5.74, 6) is -0.526. The van der Waals surface area contributed by atoms with E-state index in [-0.39, 0.29) is 29.1 Å². The number of carbonyl (C=O) groups excluding carboxylic acids is 3. The fraction of sp³-hybridized carbons (Fsp3) is 0.0952. The molecule has 2 aromatic carbocycles. The number of nitrogens with one attached hydrogen (secondary N) is 2. The summed E-state index contributed by atoms with van der Waals surface area (Å²) < 4.78 is 15.2. The van der Waals surface area contributed by atoms with E-state index in [0.29, 0.717) is 16.9 Å². The molecule has 0 saturated heterocycles. The number of rotatable bonds is 6. The van der Waals surface area contributed by atoms with E-state index in [1.165, 1.54) is 38.5 Å². The highest BCUT2D eigenvalue weighted by Gasteiger charge is 2.13. The van der Waals surface area contributed by atoms with Gasteiger partial charge < -0.3 is 24.5 Å². The summed E-state index contributed by atoms with van der Waals surface area (Å²) in [5, 5.41) is 5.43. The van der Waals surface area contributed by atoms with Crippen molar-refractivity contribution in [1.82, 2.24) is 0 Å². The summed E-state index contributed by atoms with van der Waals surface area (Å²) in [5.41, 5.74) is 1.42. The van der Waals surface area contributed by atoms with E-state index in [1.54, 1.807) is 36.4 Å². The van der Waals surface area contributed by atoms with Gasteiger partial charge in [-0.05, 0) is 54.6 Å². The van der Waals surface area contributed by atoms with Crippen LogP contribution >= 0.6 is 0 Å². The van der Waals surface area contributed by atoms with Crippen LogP contribution in [0.5, 0.6) is 11.5 Å². The summed E-state index contributed by atoms with van der Waals surface area (Å²) >= 11 is 0. The lowest BCUT2D eigenvalue weighted by molar-refractivity contribution is -0.132. The number of ether oxygens (including phenoxy) is 2. The first-order valence-electron chi connectivity index (χ1n) is 8.59. The second kappa shape index (κ2) is 8.75. The first-order chi connectivity index (χ1) is 14.0. The van der Waals surface area contributed by atoms with Crippen molar-refractivity contribution in [1.29, 1.82) is 0 Å². The van der Waals surface area contributed by atoms with Gasteiger partial charge in [-0.3, -0.25) is 14.4 Å². The predicted molar refractivity (Wildman–Crippen MR) is 105 cm³/mol. The molecular formula is C21H18N2O6. The number of hydrogen-bond acceptors (Lipinski definition) is 6. The van der Waals surface area contributed by atoms with Gasteiger partial charge in [-0.15, -0.1) is 0 Å². The van der Waals surface area contributed by atoms with Crippen LogP contribution in [0, 0.1) is 0 Å². The number of anilines is 2. The summed E-state index contributed by atoms with van der Waals surface area (Å²) in [4.78, 5) is 35.6. The van der Waals surface area contributed by atoms with Crippen LogP contribution in [-0.4, -0.2) is 24.9 Å². The minimum Gasteiger partial charge on any atom is -0.493 e. The minimum atomic E-state index is -0.486. The van der Waals surface area contributed by atoms with Gasteiger partial charge in [0.05, 0.1) is 13.4 Å². The molecule has 2 N–H and O–H groups in total. The zero-order chi connectivity index (χ0) is 20.8. The van der Waals surface area contributed by atoms with Crippen LogP contribution in [0.25, 0.3) is 0 Å². The van der Waals surface area contributed by atoms with E-state index < -0.39 is 5.97 Å². The Morgan fingerprint density at radius 3 is 2.07 bits per heavy atom. The Bertz CT molecular complexity index is 1030. The first-order valence-corrected chi connectivity index (χ1v) is 8.59. The fourth-order valence-corrected chi connectivity index (χ4v) is 2.49. The molecule has 8 heteroatoms. The van der Waals surface area contributed by atoms with Crippen molar-refractivity contribution in [3.05, 3.63) is 72.2 Å². The van der Waals surface area contributed by atoms with Crippen LogP contribution in [0.15, 0.2) is 65.3 Å². The number of furan rings is 1. The summed E-state index contributed by atoms with van der Waals surface area (Å²) in [7, 11) is 1.42. The predicted octanol–water partition coefficient (Wildman–Crippen LogP) is 3.72. The molecule has 0 aliphatic carbocycles. The molecule has 0 aliphatic rings. The molecule has 0 bridgehead atoms. The van der Waals surface area contributed by atoms with Crippen molar-refractivity contribution in [3.63, 3.8) is 0 Å². The molecule has 148 valence electrons. The molecule has 0 atom stereocenters. The zero-order valence-electron chi connectivity index (χ0n) is 15.7. The van der Waals surface area contributed by atoms with Gasteiger partial charge in [0.1, 0.15) is 0 Å². The number of methoxy groups -OCH3 is 1. The molecular weight excluding hydrogens is 376 g/mol. The molecule has 0 radical (unpaired) electrons. The van der Waals surface area contributed by atoms with Crippen LogP contribution in [0.3, 0.4) is 0 Å². The Morgan fingerprint density at radius 2 is 1.52 bits per heavy atom. The molecule has 0 saturated carbocycles. The van der Waals surface area contributed by atoms with E-state index in [1.807, 2.05) is 0 Å². The van der Waals surface area contributed by atoms with E-state index in [4.69, 9.17) is 13.9 Å². The molecule has 3 rings (SSSR count). The Hall–Kier alpha value is -4.07. The number of esters is 1. The third kappa shape index (κ3) is 5.01. The Balaban J connectivity index is 1.66. The lowest BCUT2D eigenvalue weighted by Gasteiger charge is -2.11. The maximum Gasteiger partial charge on any atom is 0.308 e. The van der Waals surface area contributed by atoms with E-state index >= 15 is 0 Å². The van der Waals surface area contributed by atoms with Gasteiger partial charge in [-0.2, -0.15) is 0 Å². The number of hydrogen-bond donors (Lipinski definition) is 2. The zero-order valence-corrected chi connectivity index (χ0v) is 15.7.